The largest absolute Gasteiger partial charge is 0.395 e. The summed E-state index contributed by atoms with van der Waals surface area (Å²) in [6.07, 6.45) is 7.37. The summed E-state index contributed by atoms with van der Waals surface area (Å²) < 4.78 is 0. The predicted octanol–water partition coefficient (Wildman–Crippen LogP) is 1.46. The zero-order chi connectivity index (χ0) is 14.7. The van der Waals surface area contributed by atoms with Crippen LogP contribution in [0.1, 0.15) is 38.3 Å². The van der Waals surface area contributed by atoms with Gasteiger partial charge < -0.3 is 10.0 Å². The number of hydrogen-bond acceptors (Lipinski definition) is 5. The Morgan fingerprint density at radius 3 is 2.71 bits per heavy atom. The molecule has 0 amide bonds. The molecular formula is C16H26N4O. The van der Waals surface area contributed by atoms with E-state index in [9.17, 15) is 5.11 Å². The number of aryl methyl sites for hydroxylation is 1. The summed E-state index contributed by atoms with van der Waals surface area (Å²) in [5.74, 6) is 1.07. The Balaban J connectivity index is 1.59. The van der Waals surface area contributed by atoms with E-state index in [1.165, 1.54) is 19.3 Å². The molecule has 0 radical (unpaired) electrons. The molecule has 0 spiro atoms. The number of hydrogen-bond donors (Lipinski definition) is 1. The Morgan fingerprint density at radius 1 is 1.19 bits per heavy atom. The van der Waals surface area contributed by atoms with Crippen LogP contribution in [0.25, 0.3) is 0 Å². The zero-order valence-corrected chi connectivity index (χ0v) is 12.9. The van der Waals surface area contributed by atoms with Crippen molar-refractivity contribution in [1.82, 2.24) is 14.9 Å². The van der Waals surface area contributed by atoms with Gasteiger partial charge in [-0.3, -0.25) is 4.90 Å². The highest BCUT2D eigenvalue weighted by Crippen LogP contribution is 2.27. The number of anilines is 1. The van der Waals surface area contributed by atoms with Crippen molar-refractivity contribution < 1.29 is 5.11 Å². The molecule has 116 valence electrons. The molecule has 1 aromatic heterocycles. The smallest absolute Gasteiger partial charge is 0.132 e. The third-order valence-corrected chi connectivity index (χ3v) is 4.96. The van der Waals surface area contributed by atoms with Crippen LogP contribution in [0.5, 0.6) is 0 Å². The van der Waals surface area contributed by atoms with Crippen molar-refractivity contribution in [3.63, 3.8) is 0 Å². The number of aliphatic hydroxyl groups excluding tert-OH is 1. The molecule has 0 aromatic carbocycles. The van der Waals surface area contributed by atoms with Gasteiger partial charge in [0.25, 0.3) is 0 Å². The number of aliphatic hydroxyl groups is 1. The lowest BCUT2D eigenvalue weighted by Crippen LogP contribution is -2.47. The van der Waals surface area contributed by atoms with E-state index < -0.39 is 0 Å². The molecule has 5 heteroatoms. The second-order valence-corrected chi connectivity index (χ2v) is 6.16. The SMILES string of the molecule is CCc1cc(N2CCC(N3CCCC3CO)CC2)ncn1. The summed E-state index contributed by atoms with van der Waals surface area (Å²) in [5.41, 5.74) is 1.11. The Labute approximate surface area is 127 Å². The monoisotopic (exact) mass is 290 g/mol. The maximum atomic E-state index is 9.49. The fraction of sp³-hybridized carbons (Fsp3) is 0.750. The third kappa shape index (κ3) is 3.19. The van der Waals surface area contributed by atoms with Crippen LogP contribution in [0, 0.1) is 0 Å². The third-order valence-electron chi connectivity index (χ3n) is 4.96. The molecule has 2 aliphatic heterocycles. The van der Waals surface area contributed by atoms with Crippen molar-refractivity contribution in [2.45, 2.75) is 51.1 Å². The first kappa shape index (κ1) is 14.7. The molecule has 1 N–H and O–H groups in total. The number of nitrogens with zero attached hydrogens (tertiary/aromatic N) is 4. The summed E-state index contributed by atoms with van der Waals surface area (Å²) >= 11 is 0. The lowest BCUT2D eigenvalue weighted by Gasteiger charge is -2.39. The molecule has 1 unspecified atom stereocenters. The normalized spacial score (nSPS) is 24.7. The van der Waals surface area contributed by atoms with Crippen molar-refractivity contribution in [3.8, 4) is 0 Å². The average Bonchev–Trinajstić information content (AvgIpc) is 3.03. The minimum absolute atomic E-state index is 0.311. The maximum Gasteiger partial charge on any atom is 0.132 e. The molecule has 3 rings (SSSR count). The topological polar surface area (TPSA) is 52.5 Å². The zero-order valence-electron chi connectivity index (χ0n) is 12.9. The van der Waals surface area contributed by atoms with Crippen molar-refractivity contribution in [1.29, 1.82) is 0 Å². The lowest BCUT2D eigenvalue weighted by molar-refractivity contribution is 0.105. The van der Waals surface area contributed by atoms with Crippen LogP contribution in [-0.2, 0) is 6.42 Å². The molecule has 2 saturated heterocycles. The quantitative estimate of drug-likeness (QED) is 0.910. The molecule has 0 bridgehead atoms. The maximum absolute atomic E-state index is 9.49. The van der Waals surface area contributed by atoms with Gasteiger partial charge in [-0.1, -0.05) is 6.92 Å². The van der Waals surface area contributed by atoms with E-state index in [1.807, 2.05) is 0 Å². The molecule has 21 heavy (non-hydrogen) atoms. The summed E-state index contributed by atoms with van der Waals surface area (Å²) in [6.45, 7) is 5.70. The minimum Gasteiger partial charge on any atom is -0.395 e. The van der Waals surface area contributed by atoms with Crippen LogP contribution >= 0.6 is 0 Å². The number of piperidine rings is 1. The highest BCUT2D eigenvalue weighted by atomic mass is 16.3. The Morgan fingerprint density at radius 2 is 2.00 bits per heavy atom. The minimum atomic E-state index is 0.311. The van der Waals surface area contributed by atoms with Gasteiger partial charge in [-0.2, -0.15) is 0 Å². The van der Waals surface area contributed by atoms with Gasteiger partial charge in [0.1, 0.15) is 12.1 Å². The number of aromatic nitrogens is 2. The lowest BCUT2D eigenvalue weighted by atomic mass is 10.0. The van der Waals surface area contributed by atoms with E-state index in [2.05, 4.69) is 32.8 Å². The summed E-state index contributed by atoms with van der Waals surface area (Å²) in [6, 6.07) is 3.15. The molecule has 2 fully saturated rings. The predicted molar refractivity (Wildman–Crippen MR) is 83.5 cm³/mol. The van der Waals surface area contributed by atoms with E-state index >= 15 is 0 Å². The van der Waals surface area contributed by atoms with E-state index in [-0.39, 0.29) is 0 Å². The molecule has 0 saturated carbocycles. The fourth-order valence-electron chi connectivity index (χ4n) is 3.71. The average molecular weight is 290 g/mol. The summed E-state index contributed by atoms with van der Waals surface area (Å²) in [7, 11) is 0. The first-order valence-corrected chi connectivity index (χ1v) is 8.24. The highest BCUT2D eigenvalue weighted by Gasteiger charge is 2.32. The summed E-state index contributed by atoms with van der Waals surface area (Å²) in [5, 5.41) is 9.49. The van der Waals surface area contributed by atoms with Crippen molar-refractivity contribution >= 4 is 5.82 Å². The van der Waals surface area contributed by atoms with Crippen LogP contribution in [0.2, 0.25) is 0 Å². The second-order valence-electron chi connectivity index (χ2n) is 6.16. The Bertz CT molecular complexity index is 459. The van der Waals surface area contributed by atoms with Gasteiger partial charge in [-0.15, -0.1) is 0 Å². The van der Waals surface area contributed by atoms with E-state index in [0.717, 1.165) is 44.0 Å². The van der Waals surface area contributed by atoms with Gasteiger partial charge in [-0.25, -0.2) is 9.97 Å². The first-order valence-electron chi connectivity index (χ1n) is 8.24. The fourth-order valence-corrected chi connectivity index (χ4v) is 3.71. The van der Waals surface area contributed by atoms with Gasteiger partial charge in [0, 0.05) is 36.9 Å². The van der Waals surface area contributed by atoms with Crippen LogP contribution in [0.15, 0.2) is 12.4 Å². The molecule has 1 atom stereocenters. The summed E-state index contributed by atoms with van der Waals surface area (Å²) in [4.78, 5) is 13.6. The molecule has 5 nitrogen and oxygen atoms in total. The van der Waals surface area contributed by atoms with Gasteiger partial charge in [0.15, 0.2) is 0 Å². The van der Waals surface area contributed by atoms with Crippen molar-refractivity contribution in [2.75, 3.05) is 31.1 Å². The van der Waals surface area contributed by atoms with Crippen molar-refractivity contribution in [2.24, 2.45) is 0 Å². The molecule has 1 aromatic rings. The Kier molecular flexibility index (Phi) is 4.70. The highest BCUT2D eigenvalue weighted by molar-refractivity contribution is 5.39. The Hall–Kier alpha value is -1.20. The second kappa shape index (κ2) is 6.71. The van der Waals surface area contributed by atoms with Gasteiger partial charge in [-0.05, 0) is 38.6 Å². The first-order chi connectivity index (χ1) is 10.3. The van der Waals surface area contributed by atoms with Crippen LogP contribution < -0.4 is 4.90 Å². The number of likely N-dealkylation sites (tertiary alicyclic amines) is 1. The molecular weight excluding hydrogens is 264 g/mol. The van der Waals surface area contributed by atoms with E-state index in [0.29, 0.717) is 18.7 Å². The van der Waals surface area contributed by atoms with Crippen LogP contribution in [0.4, 0.5) is 5.82 Å². The standard InChI is InChI=1S/C16H26N4O/c1-2-13-10-16(18-12-17-13)19-8-5-14(6-9-19)20-7-3-4-15(20)11-21/h10,12,14-15,21H,2-9,11H2,1H3. The van der Waals surface area contributed by atoms with Gasteiger partial charge in [0.2, 0.25) is 0 Å². The van der Waals surface area contributed by atoms with Crippen LogP contribution in [-0.4, -0.2) is 58.3 Å². The molecule has 3 heterocycles. The van der Waals surface area contributed by atoms with E-state index in [4.69, 9.17) is 0 Å². The molecule has 0 aliphatic carbocycles. The van der Waals surface area contributed by atoms with E-state index in [1.54, 1.807) is 6.33 Å². The van der Waals surface area contributed by atoms with Crippen molar-refractivity contribution in [3.05, 3.63) is 18.1 Å². The molecule has 2 aliphatic rings. The van der Waals surface area contributed by atoms with Crippen LogP contribution in [0.3, 0.4) is 0 Å². The van der Waals surface area contributed by atoms with Gasteiger partial charge >= 0.3 is 0 Å². The number of rotatable bonds is 4. The van der Waals surface area contributed by atoms with Gasteiger partial charge in [0.05, 0.1) is 6.61 Å².